The zero-order valence-electron chi connectivity index (χ0n) is 13.0. The van der Waals surface area contributed by atoms with Crippen molar-refractivity contribution in [3.05, 3.63) is 40.5 Å². The molecule has 0 unspecified atom stereocenters. The number of nitrogens with zero attached hydrogens (tertiary/aromatic N) is 3. The Morgan fingerprint density at radius 2 is 1.92 bits per heavy atom. The van der Waals surface area contributed by atoms with E-state index in [0.29, 0.717) is 25.2 Å². The first kappa shape index (κ1) is 16.2. The minimum Gasteiger partial charge on any atom is -0.368 e. The van der Waals surface area contributed by atoms with Gasteiger partial charge in [-0.3, -0.25) is 14.5 Å². The van der Waals surface area contributed by atoms with E-state index in [4.69, 9.17) is 17.3 Å². The molecule has 0 spiro atoms. The molecule has 1 fully saturated rings. The van der Waals surface area contributed by atoms with Crippen LogP contribution in [0.4, 0.5) is 17.5 Å². The molecule has 3 rings (SSSR count). The molecule has 2 aromatic rings. The average molecular weight is 346 g/mol. The molecular formula is C16H16ClN5O2. The highest BCUT2D eigenvalue weighted by molar-refractivity contribution is 6.29. The summed E-state index contributed by atoms with van der Waals surface area (Å²) in [6, 6.07) is 7.21. The third kappa shape index (κ3) is 3.46. The molecule has 1 aliphatic rings. The van der Waals surface area contributed by atoms with Crippen LogP contribution >= 0.6 is 11.6 Å². The van der Waals surface area contributed by atoms with Crippen LogP contribution in [0.25, 0.3) is 0 Å². The monoisotopic (exact) mass is 345 g/mol. The molecule has 0 bridgehead atoms. The van der Waals surface area contributed by atoms with Gasteiger partial charge in [-0.05, 0) is 30.2 Å². The fourth-order valence-corrected chi connectivity index (χ4v) is 2.76. The number of aromatic nitrogens is 2. The summed E-state index contributed by atoms with van der Waals surface area (Å²) in [7, 11) is 0. The predicted octanol–water partition coefficient (Wildman–Crippen LogP) is 2.41. The minimum atomic E-state index is -0.118. The van der Waals surface area contributed by atoms with Crippen molar-refractivity contribution in [2.45, 2.75) is 26.3 Å². The number of halogens is 1. The van der Waals surface area contributed by atoms with Crippen molar-refractivity contribution in [2.75, 3.05) is 11.1 Å². The van der Waals surface area contributed by atoms with Crippen LogP contribution in [0.1, 0.15) is 24.0 Å². The number of imide groups is 1. The molecule has 124 valence electrons. The van der Waals surface area contributed by atoms with Crippen LogP contribution in [0.2, 0.25) is 5.15 Å². The van der Waals surface area contributed by atoms with Gasteiger partial charge in [0.05, 0.1) is 6.54 Å². The van der Waals surface area contributed by atoms with Crippen molar-refractivity contribution >= 4 is 40.9 Å². The van der Waals surface area contributed by atoms with Crippen molar-refractivity contribution in [1.29, 1.82) is 0 Å². The highest BCUT2D eigenvalue weighted by Gasteiger charge is 2.28. The lowest BCUT2D eigenvalue weighted by Crippen LogP contribution is -2.28. The first-order valence-electron chi connectivity index (χ1n) is 7.42. The molecule has 1 aromatic carbocycles. The molecule has 0 atom stereocenters. The van der Waals surface area contributed by atoms with Gasteiger partial charge in [0.15, 0.2) is 0 Å². The number of benzene rings is 1. The van der Waals surface area contributed by atoms with Crippen LogP contribution in [-0.4, -0.2) is 26.7 Å². The summed E-state index contributed by atoms with van der Waals surface area (Å²) in [6.45, 7) is 2.23. The summed E-state index contributed by atoms with van der Waals surface area (Å²) in [4.78, 5) is 32.6. The number of nitrogens with two attached hydrogens (primary N) is 1. The number of carbonyl (C=O) groups excluding carboxylic acids is 2. The molecule has 0 radical (unpaired) electrons. The highest BCUT2D eigenvalue weighted by atomic mass is 35.5. The number of nitrogen functional groups attached to an aromatic ring is 1. The molecule has 24 heavy (non-hydrogen) atoms. The lowest BCUT2D eigenvalue weighted by Gasteiger charge is -2.16. The molecular weight excluding hydrogens is 330 g/mol. The molecule has 0 aliphatic carbocycles. The maximum Gasteiger partial charge on any atom is 0.229 e. The Bertz CT molecular complexity index is 788. The minimum absolute atomic E-state index is 0.0874. The van der Waals surface area contributed by atoms with Crippen molar-refractivity contribution < 1.29 is 9.59 Å². The van der Waals surface area contributed by atoms with E-state index in [1.165, 1.54) is 4.90 Å². The Morgan fingerprint density at radius 1 is 1.21 bits per heavy atom. The van der Waals surface area contributed by atoms with Gasteiger partial charge >= 0.3 is 0 Å². The number of carbonyl (C=O) groups is 2. The quantitative estimate of drug-likeness (QED) is 0.651. The van der Waals surface area contributed by atoms with E-state index >= 15 is 0 Å². The summed E-state index contributed by atoms with van der Waals surface area (Å²) in [5.41, 5.74) is 8.24. The maximum atomic E-state index is 11.7. The van der Waals surface area contributed by atoms with Crippen LogP contribution in [0.3, 0.4) is 0 Å². The summed E-state index contributed by atoms with van der Waals surface area (Å²) in [5, 5.41) is 3.36. The van der Waals surface area contributed by atoms with Gasteiger partial charge in [0.1, 0.15) is 11.0 Å². The first-order valence-corrected chi connectivity index (χ1v) is 7.80. The summed E-state index contributed by atoms with van der Waals surface area (Å²) in [6.07, 6.45) is 0.598. The Balaban J connectivity index is 1.77. The molecule has 1 aromatic heterocycles. The molecule has 0 saturated carbocycles. The van der Waals surface area contributed by atoms with E-state index in [-0.39, 0.29) is 22.9 Å². The smallest absolute Gasteiger partial charge is 0.229 e. The topological polar surface area (TPSA) is 101 Å². The molecule has 3 N–H and O–H groups in total. The lowest BCUT2D eigenvalue weighted by molar-refractivity contribution is -0.139. The molecule has 1 saturated heterocycles. The van der Waals surface area contributed by atoms with Gasteiger partial charge in [-0.2, -0.15) is 4.98 Å². The first-order chi connectivity index (χ1) is 11.4. The second-order valence-corrected chi connectivity index (χ2v) is 5.96. The second-order valence-electron chi connectivity index (χ2n) is 5.57. The molecule has 2 amide bonds. The van der Waals surface area contributed by atoms with E-state index in [0.717, 1.165) is 16.8 Å². The zero-order chi connectivity index (χ0) is 17.3. The predicted molar refractivity (Wildman–Crippen MR) is 90.7 cm³/mol. The standard InChI is InChI=1S/C16H16ClN5O2/c1-9-6-11(19-13-7-12(17)20-16(18)21-13)3-2-10(9)8-22-14(23)4-5-15(22)24/h2-3,6-7H,4-5,8H2,1H3,(H3,18,19,20,21). The van der Waals surface area contributed by atoms with E-state index < -0.39 is 0 Å². The SMILES string of the molecule is Cc1cc(Nc2cc(Cl)nc(N)n2)ccc1CN1C(=O)CCC1=O. The number of nitrogens with one attached hydrogen (secondary N) is 1. The number of likely N-dealkylation sites (tertiary alicyclic amines) is 1. The lowest BCUT2D eigenvalue weighted by atomic mass is 10.1. The fraction of sp³-hybridized carbons (Fsp3) is 0.250. The highest BCUT2D eigenvalue weighted by Crippen LogP contribution is 2.23. The number of anilines is 3. The average Bonchev–Trinajstić information content (AvgIpc) is 2.80. The van der Waals surface area contributed by atoms with E-state index in [2.05, 4.69) is 15.3 Å². The number of amides is 2. The zero-order valence-corrected chi connectivity index (χ0v) is 13.8. The van der Waals surface area contributed by atoms with Crippen LogP contribution in [0.5, 0.6) is 0 Å². The van der Waals surface area contributed by atoms with Crippen LogP contribution in [0, 0.1) is 6.92 Å². The van der Waals surface area contributed by atoms with Crippen LogP contribution in [-0.2, 0) is 16.1 Å². The van der Waals surface area contributed by atoms with Gasteiger partial charge in [-0.25, -0.2) is 4.98 Å². The van der Waals surface area contributed by atoms with Gasteiger partial charge in [-0.15, -0.1) is 0 Å². The molecule has 7 nitrogen and oxygen atoms in total. The van der Waals surface area contributed by atoms with Crippen molar-refractivity contribution in [3.63, 3.8) is 0 Å². The third-order valence-corrected chi connectivity index (χ3v) is 4.00. The number of hydrogen-bond donors (Lipinski definition) is 2. The third-order valence-electron chi connectivity index (χ3n) is 3.81. The summed E-state index contributed by atoms with van der Waals surface area (Å²) in [5.74, 6) is 0.342. The maximum absolute atomic E-state index is 11.7. The molecule has 2 heterocycles. The Morgan fingerprint density at radius 3 is 2.54 bits per heavy atom. The van der Waals surface area contributed by atoms with Gasteiger partial charge in [0, 0.05) is 24.6 Å². The number of rotatable bonds is 4. The van der Waals surface area contributed by atoms with Crippen molar-refractivity contribution in [3.8, 4) is 0 Å². The van der Waals surface area contributed by atoms with Gasteiger partial charge in [-0.1, -0.05) is 17.7 Å². The van der Waals surface area contributed by atoms with Crippen LogP contribution in [0.15, 0.2) is 24.3 Å². The number of hydrogen-bond acceptors (Lipinski definition) is 6. The summed E-state index contributed by atoms with van der Waals surface area (Å²) >= 11 is 5.85. The molecule has 8 heteroatoms. The van der Waals surface area contributed by atoms with Gasteiger partial charge < -0.3 is 11.1 Å². The van der Waals surface area contributed by atoms with Crippen molar-refractivity contribution in [1.82, 2.24) is 14.9 Å². The Kier molecular flexibility index (Phi) is 4.35. The van der Waals surface area contributed by atoms with Gasteiger partial charge in [0.25, 0.3) is 0 Å². The Labute approximate surface area is 143 Å². The largest absolute Gasteiger partial charge is 0.368 e. The Hall–Kier alpha value is -2.67. The normalized spacial score (nSPS) is 14.3. The van der Waals surface area contributed by atoms with Crippen LogP contribution < -0.4 is 11.1 Å². The van der Waals surface area contributed by atoms with E-state index in [1.807, 2.05) is 25.1 Å². The summed E-state index contributed by atoms with van der Waals surface area (Å²) < 4.78 is 0. The second kappa shape index (κ2) is 6.45. The fourth-order valence-electron chi connectivity index (χ4n) is 2.57. The van der Waals surface area contributed by atoms with E-state index in [9.17, 15) is 9.59 Å². The van der Waals surface area contributed by atoms with E-state index in [1.54, 1.807) is 6.07 Å². The van der Waals surface area contributed by atoms with Crippen molar-refractivity contribution in [2.24, 2.45) is 0 Å². The number of aryl methyl sites for hydroxylation is 1. The molecule has 1 aliphatic heterocycles. The van der Waals surface area contributed by atoms with Gasteiger partial charge in [0.2, 0.25) is 17.8 Å².